The van der Waals surface area contributed by atoms with Crippen molar-refractivity contribution in [1.29, 1.82) is 0 Å². The molecule has 2 N–H and O–H groups in total. The minimum absolute atomic E-state index is 0.197. The van der Waals surface area contributed by atoms with Crippen LogP contribution < -0.4 is 10.9 Å². The van der Waals surface area contributed by atoms with Crippen molar-refractivity contribution in [3.05, 3.63) is 50.4 Å². The largest absolute Gasteiger partial charge is 0.311 e. The molecule has 0 aliphatic carbocycles. The summed E-state index contributed by atoms with van der Waals surface area (Å²) >= 11 is 12.0. The Bertz CT molecular complexity index is 663. The normalized spacial score (nSPS) is 11.1. The maximum Gasteiger partial charge on any atom is 0.251 e. The minimum atomic E-state index is -0.197. The van der Waals surface area contributed by atoms with Crippen molar-refractivity contribution in [2.75, 3.05) is 6.54 Å². The average Bonchev–Trinajstić information content (AvgIpc) is 2.36. The first-order chi connectivity index (χ1) is 9.94. The molecular formula is C15H17Cl2N3O. The lowest BCUT2D eigenvalue weighted by Gasteiger charge is -2.08. The van der Waals surface area contributed by atoms with Gasteiger partial charge in [-0.15, -0.1) is 0 Å². The lowest BCUT2D eigenvalue weighted by atomic mass is 10.2. The third kappa shape index (κ3) is 4.84. The molecule has 0 aliphatic rings. The van der Waals surface area contributed by atoms with Crippen LogP contribution in [0.3, 0.4) is 0 Å². The van der Waals surface area contributed by atoms with Crippen molar-refractivity contribution in [1.82, 2.24) is 15.3 Å². The SMILES string of the molecule is CC(C)CNCc1cc(=O)[nH]c(-c2cc(Cl)cc(Cl)c2)n1. The number of nitrogens with one attached hydrogen (secondary N) is 2. The molecule has 0 saturated carbocycles. The number of nitrogens with zero attached hydrogens (tertiary/aromatic N) is 1. The van der Waals surface area contributed by atoms with Crippen LogP contribution in [0.15, 0.2) is 29.1 Å². The van der Waals surface area contributed by atoms with Gasteiger partial charge in [0.25, 0.3) is 5.56 Å². The van der Waals surface area contributed by atoms with Gasteiger partial charge in [-0.2, -0.15) is 0 Å². The Kier molecular flexibility index (Phi) is 5.39. The summed E-state index contributed by atoms with van der Waals surface area (Å²) in [6.45, 7) is 5.66. The lowest BCUT2D eigenvalue weighted by Crippen LogP contribution is -2.21. The molecule has 6 heteroatoms. The van der Waals surface area contributed by atoms with E-state index in [4.69, 9.17) is 23.2 Å². The molecule has 1 aromatic carbocycles. The van der Waals surface area contributed by atoms with E-state index in [1.54, 1.807) is 18.2 Å². The topological polar surface area (TPSA) is 57.8 Å². The maximum absolute atomic E-state index is 11.8. The number of H-pyrrole nitrogens is 1. The summed E-state index contributed by atoms with van der Waals surface area (Å²) in [5.74, 6) is 1.01. The molecule has 21 heavy (non-hydrogen) atoms. The second kappa shape index (κ2) is 7.07. The molecule has 0 amide bonds. The lowest BCUT2D eigenvalue weighted by molar-refractivity contribution is 0.548. The molecule has 0 radical (unpaired) electrons. The molecule has 0 bridgehead atoms. The molecule has 4 nitrogen and oxygen atoms in total. The van der Waals surface area contributed by atoms with Crippen LogP contribution in [0.4, 0.5) is 0 Å². The smallest absolute Gasteiger partial charge is 0.251 e. The molecule has 0 atom stereocenters. The number of halogens is 2. The zero-order valence-electron chi connectivity index (χ0n) is 11.9. The monoisotopic (exact) mass is 325 g/mol. The molecule has 1 aromatic heterocycles. The Hall–Kier alpha value is -1.36. The van der Waals surface area contributed by atoms with Crippen LogP contribution in [0.5, 0.6) is 0 Å². The molecule has 112 valence electrons. The van der Waals surface area contributed by atoms with Gasteiger partial charge in [0.15, 0.2) is 0 Å². The second-order valence-electron chi connectivity index (χ2n) is 5.27. The van der Waals surface area contributed by atoms with Gasteiger partial charge in [0.1, 0.15) is 5.82 Å². The summed E-state index contributed by atoms with van der Waals surface area (Å²) in [5.41, 5.74) is 1.18. The van der Waals surface area contributed by atoms with Gasteiger partial charge >= 0.3 is 0 Å². The van der Waals surface area contributed by atoms with E-state index in [2.05, 4.69) is 29.1 Å². The van der Waals surface area contributed by atoms with E-state index < -0.39 is 0 Å². The van der Waals surface area contributed by atoms with Crippen molar-refractivity contribution >= 4 is 23.2 Å². The van der Waals surface area contributed by atoms with Crippen molar-refractivity contribution in [3.63, 3.8) is 0 Å². The van der Waals surface area contributed by atoms with E-state index in [1.807, 2.05) is 0 Å². The highest BCUT2D eigenvalue weighted by molar-refractivity contribution is 6.35. The minimum Gasteiger partial charge on any atom is -0.311 e. The summed E-state index contributed by atoms with van der Waals surface area (Å²) in [5, 5.41) is 4.27. The summed E-state index contributed by atoms with van der Waals surface area (Å²) in [4.78, 5) is 18.9. The van der Waals surface area contributed by atoms with Crippen molar-refractivity contribution < 1.29 is 0 Å². The third-order valence-electron chi connectivity index (χ3n) is 2.79. The molecule has 0 aliphatic heterocycles. The van der Waals surface area contributed by atoms with Gasteiger partial charge in [0, 0.05) is 28.2 Å². The fraction of sp³-hybridized carbons (Fsp3) is 0.333. The molecule has 2 rings (SSSR count). The Labute approximate surface area is 133 Å². The Morgan fingerprint density at radius 2 is 1.86 bits per heavy atom. The third-order valence-corrected chi connectivity index (χ3v) is 3.23. The van der Waals surface area contributed by atoms with Crippen LogP contribution in [0.2, 0.25) is 10.0 Å². The number of hydrogen-bond donors (Lipinski definition) is 2. The van der Waals surface area contributed by atoms with E-state index in [9.17, 15) is 4.79 Å². The van der Waals surface area contributed by atoms with Gasteiger partial charge in [0.05, 0.1) is 5.69 Å². The summed E-state index contributed by atoms with van der Waals surface area (Å²) < 4.78 is 0. The molecule has 0 fully saturated rings. The first kappa shape index (κ1) is 16.0. The van der Waals surface area contributed by atoms with Gasteiger partial charge < -0.3 is 10.3 Å². The van der Waals surface area contributed by atoms with Gasteiger partial charge in [0.2, 0.25) is 0 Å². The summed E-state index contributed by atoms with van der Waals surface area (Å²) in [6.07, 6.45) is 0. The maximum atomic E-state index is 11.8. The van der Waals surface area contributed by atoms with Crippen LogP contribution in [0.25, 0.3) is 11.4 Å². The number of hydrogen-bond acceptors (Lipinski definition) is 3. The second-order valence-corrected chi connectivity index (χ2v) is 6.14. The molecule has 1 heterocycles. The standard InChI is InChI=1S/C15H17Cl2N3O/c1-9(2)7-18-8-13-6-14(21)20-15(19-13)10-3-11(16)5-12(17)4-10/h3-6,9,18H,7-8H2,1-2H3,(H,19,20,21). The van der Waals surface area contributed by atoms with Crippen molar-refractivity contribution in [2.45, 2.75) is 20.4 Å². The van der Waals surface area contributed by atoms with Crippen molar-refractivity contribution in [2.24, 2.45) is 5.92 Å². The van der Waals surface area contributed by atoms with E-state index in [1.165, 1.54) is 6.07 Å². The number of aromatic amines is 1. The Morgan fingerprint density at radius 3 is 2.48 bits per heavy atom. The predicted molar refractivity (Wildman–Crippen MR) is 86.9 cm³/mol. The van der Waals surface area contributed by atoms with Gasteiger partial charge in [-0.1, -0.05) is 37.0 Å². The summed E-state index contributed by atoms with van der Waals surface area (Å²) in [6, 6.07) is 6.57. The van der Waals surface area contributed by atoms with Gasteiger partial charge in [-0.3, -0.25) is 4.79 Å². The zero-order chi connectivity index (χ0) is 15.4. The van der Waals surface area contributed by atoms with E-state index in [0.29, 0.717) is 39.6 Å². The number of benzene rings is 1. The van der Waals surface area contributed by atoms with E-state index in [-0.39, 0.29) is 5.56 Å². The molecule has 0 unspecified atom stereocenters. The fourth-order valence-corrected chi connectivity index (χ4v) is 2.44. The molecule has 0 spiro atoms. The van der Waals surface area contributed by atoms with Gasteiger partial charge in [-0.25, -0.2) is 4.98 Å². The average molecular weight is 326 g/mol. The molecule has 0 saturated heterocycles. The Balaban J connectivity index is 2.28. The highest BCUT2D eigenvalue weighted by Crippen LogP contribution is 2.24. The van der Waals surface area contributed by atoms with Gasteiger partial charge in [-0.05, 0) is 30.7 Å². The van der Waals surface area contributed by atoms with E-state index >= 15 is 0 Å². The quantitative estimate of drug-likeness (QED) is 0.884. The number of aromatic nitrogens is 2. The molecule has 2 aromatic rings. The highest BCUT2D eigenvalue weighted by Gasteiger charge is 2.06. The molecular weight excluding hydrogens is 309 g/mol. The zero-order valence-corrected chi connectivity index (χ0v) is 13.4. The highest BCUT2D eigenvalue weighted by atomic mass is 35.5. The fourth-order valence-electron chi connectivity index (χ4n) is 1.91. The van der Waals surface area contributed by atoms with Crippen molar-refractivity contribution in [3.8, 4) is 11.4 Å². The van der Waals surface area contributed by atoms with Crippen LogP contribution in [0.1, 0.15) is 19.5 Å². The first-order valence-corrected chi connectivity index (χ1v) is 7.47. The number of rotatable bonds is 5. The van der Waals surface area contributed by atoms with Crippen LogP contribution >= 0.6 is 23.2 Å². The predicted octanol–water partition coefficient (Wildman–Crippen LogP) is 3.49. The van der Waals surface area contributed by atoms with E-state index in [0.717, 1.165) is 6.54 Å². The van der Waals surface area contributed by atoms with Crippen LogP contribution in [-0.2, 0) is 6.54 Å². The Morgan fingerprint density at radius 1 is 1.19 bits per heavy atom. The first-order valence-electron chi connectivity index (χ1n) is 6.71. The summed E-state index contributed by atoms with van der Waals surface area (Å²) in [7, 11) is 0. The van der Waals surface area contributed by atoms with Crippen LogP contribution in [0, 0.1) is 5.92 Å². The van der Waals surface area contributed by atoms with Crippen LogP contribution in [-0.4, -0.2) is 16.5 Å².